The van der Waals surface area contributed by atoms with Crippen molar-refractivity contribution in [1.29, 1.82) is 0 Å². The van der Waals surface area contributed by atoms with Gasteiger partial charge < -0.3 is 19.5 Å². The van der Waals surface area contributed by atoms with Crippen LogP contribution in [0.3, 0.4) is 0 Å². The van der Waals surface area contributed by atoms with Gasteiger partial charge in [0.15, 0.2) is 0 Å². The van der Waals surface area contributed by atoms with E-state index in [0.29, 0.717) is 12.3 Å². The van der Waals surface area contributed by atoms with Gasteiger partial charge in [-0.2, -0.15) is 11.8 Å². The molecule has 0 radical (unpaired) electrons. The Labute approximate surface area is 173 Å². The second-order valence-electron chi connectivity index (χ2n) is 6.14. The van der Waals surface area contributed by atoms with E-state index in [1.165, 1.54) is 32.4 Å². The van der Waals surface area contributed by atoms with Crippen LogP contribution in [0.1, 0.15) is 27.6 Å². The van der Waals surface area contributed by atoms with Crippen molar-refractivity contribution in [1.82, 2.24) is 4.90 Å². The summed E-state index contributed by atoms with van der Waals surface area (Å²) in [7, 11) is 2.44. The monoisotopic (exact) mass is 424 g/mol. The van der Waals surface area contributed by atoms with Crippen LogP contribution in [-0.4, -0.2) is 80.2 Å². The first kappa shape index (κ1) is 22.7. The van der Waals surface area contributed by atoms with Gasteiger partial charge in [0.25, 0.3) is 0 Å². The fourth-order valence-electron chi connectivity index (χ4n) is 2.84. The molecule has 1 saturated heterocycles. The average Bonchev–Trinajstić information content (AvgIpc) is 2.72. The summed E-state index contributed by atoms with van der Waals surface area (Å²) < 4.78 is 14.5. The largest absolute Gasteiger partial charge is 0.465 e. The summed E-state index contributed by atoms with van der Waals surface area (Å²) in [4.78, 5) is 50.2. The van der Waals surface area contributed by atoms with E-state index >= 15 is 0 Å². The molecule has 0 bridgehead atoms. The van der Waals surface area contributed by atoms with Crippen molar-refractivity contribution in [3.63, 3.8) is 0 Å². The number of benzene rings is 1. The third-order valence-electron chi connectivity index (χ3n) is 4.20. The van der Waals surface area contributed by atoms with Crippen molar-refractivity contribution in [3.8, 4) is 0 Å². The van der Waals surface area contributed by atoms with Gasteiger partial charge in [-0.25, -0.2) is 9.59 Å². The lowest BCUT2D eigenvalue weighted by Gasteiger charge is -2.32. The first-order valence-corrected chi connectivity index (χ1v) is 10.1. The lowest BCUT2D eigenvalue weighted by Crippen LogP contribution is -2.50. The Bertz CT molecular complexity index is 750. The first-order valence-electron chi connectivity index (χ1n) is 8.99. The smallest absolute Gasteiger partial charge is 0.337 e. The van der Waals surface area contributed by atoms with Crippen molar-refractivity contribution in [2.24, 2.45) is 0 Å². The van der Waals surface area contributed by atoms with Crippen molar-refractivity contribution in [2.75, 3.05) is 50.7 Å². The second kappa shape index (κ2) is 10.8. The molecule has 9 nitrogen and oxygen atoms in total. The summed E-state index contributed by atoms with van der Waals surface area (Å²) >= 11 is 1.63. The van der Waals surface area contributed by atoms with E-state index in [1.807, 2.05) is 0 Å². The lowest BCUT2D eigenvalue weighted by molar-refractivity contribution is -0.148. The van der Waals surface area contributed by atoms with Gasteiger partial charge in [0.2, 0.25) is 5.91 Å². The maximum absolute atomic E-state index is 12.6. The Morgan fingerprint density at radius 2 is 1.72 bits per heavy atom. The fourth-order valence-corrected chi connectivity index (χ4v) is 3.94. The minimum atomic E-state index is -0.651. The summed E-state index contributed by atoms with van der Waals surface area (Å²) in [5, 5.41) is 2.66. The summed E-state index contributed by atoms with van der Waals surface area (Å²) in [6.07, 6.45) is 0. The quantitative estimate of drug-likeness (QED) is 0.509. The summed E-state index contributed by atoms with van der Waals surface area (Å²) in [5.41, 5.74) is 0.450. The average molecular weight is 424 g/mol. The molecule has 1 aromatic carbocycles. The van der Waals surface area contributed by atoms with E-state index in [-0.39, 0.29) is 41.8 Å². The Balaban J connectivity index is 2.15. The molecule has 10 heteroatoms. The van der Waals surface area contributed by atoms with Crippen molar-refractivity contribution in [3.05, 3.63) is 29.3 Å². The number of hydrogen-bond acceptors (Lipinski definition) is 9. The molecule has 1 amide bonds. The van der Waals surface area contributed by atoms with Crippen LogP contribution < -0.4 is 5.32 Å². The summed E-state index contributed by atoms with van der Waals surface area (Å²) in [5.74, 6) is -0.690. The third kappa shape index (κ3) is 6.20. The maximum atomic E-state index is 12.6. The number of carbonyl (C=O) groups is 4. The molecule has 1 fully saturated rings. The van der Waals surface area contributed by atoms with Crippen LogP contribution in [0.25, 0.3) is 0 Å². The van der Waals surface area contributed by atoms with Gasteiger partial charge >= 0.3 is 17.9 Å². The van der Waals surface area contributed by atoms with Crippen LogP contribution in [0.15, 0.2) is 18.2 Å². The molecule has 1 aliphatic rings. The number of nitrogens with one attached hydrogen (secondary N) is 1. The lowest BCUT2D eigenvalue weighted by atomic mass is 10.1. The minimum absolute atomic E-state index is 0.0277. The molecule has 1 unspecified atom stereocenters. The van der Waals surface area contributed by atoms with Gasteiger partial charge in [0, 0.05) is 23.7 Å². The molecule has 1 heterocycles. The van der Waals surface area contributed by atoms with E-state index in [9.17, 15) is 19.2 Å². The van der Waals surface area contributed by atoms with Crippen LogP contribution in [0.5, 0.6) is 0 Å². The Morgan fingerprint density at radius 1 is 1.10 bits per heavy atom. The molecule has 1 aromatic rings. The highest BCUT2D eigenvalue weighted by Gasteiger charge is 2.31. The Morgan fingerprint density at radius 3 is 2.28 bits per heavy atom. The predicted octanol–water partition coefficient (Wildman–Crippen LogP) is 1.18. The SMILES string of the molecule is CCOC(=O)C1CSCCN1CC(=O)Nc1cc(C(=O)OC)cc(C(=O)OC)c1. The number of carbonyl (C=O) groups excluding carboxylic acids is 4. The number of hydrogen-bond donors (Lipinski definition) is 1. The molecule has 1 atom stereocenters. The van der Waals surface area contributed by atoms with Gasteiger partial charge in [-0.3, -0.25) is 14.5 Å². The number of ether oxygens (including phenoxy) is 3. The van der Waals surface area contributed by atoms with E-state index < -0.39 is 18.0 Å². The van der Waals surface area contributed by atoms with E-state index in [2.05, 4.69) is 14.8 Å². The molecule has 0 aliphatic carbocycles. The molecule has 158 valence electrons. The topological polar surface area (TPSA) is 111 Å². The zero-order valence-electron chi connectivity index (χ0n) is 16.6. The van der Waals surface area contributed by atoms with E-state index in [4.69, 9.17) is 4.74 Å². The predicted molar refractivity (Wildman–Crippen MR) is 107 cm³/mol. The standard InChI is InChI=1S/C19H24N2O7S/c1-4-28-19(25)15-11-29-6-5-21(15)10-16(22)20-14-8-12(17(23)26-2)7-13(9-14)18(24)27-3/h7-9,15H,4-6,10-11H2,1-3H3,(H,20,22). The van der Waals surface area contributed by atoms with Gasteiger partial charge in [0.1, 0.15) is 6.04 Å². The maximum Gasteiger partial charge on any atom is 0.337 e. The van der Waals surface area contributed by atoms with E-state index in [0.717, 1.165) is 5.75 Å². The van der Waals surface area contributed by atoms with Gasteiger partial charge in [-0.15, -0.1) is 0 Å². The molecular weight excluding hydrogens is 400 g/mol. The second-order valence-corrected chi connectivity index (χ2v) is 7.29. The molecule has 29 heavy (non-hydrogen) atoms. The molecule has 1 aliphatic heterocycles. The number of thioether (sulfide) groups is 1. The molecule has 0 saturated carbocycles. The zero-order valence-corrected chi connectivity index (χ0v) is 17.4. The van der Waals surface area contributed by atoms with Crippen molar-refractivity contribution in [2.45, 2.75) is 13.0 Å². The van der Waals surface area contributed by atoms with Crippen molar-refractivity contribution < 1.29 is 33.4 Å². The highest BCUT2D eigenvalue weighted by molar-refractivity contribution is 7.99. The number of anilines is 1. The first-order chi connectivity index (χ1) is 13.9. The van der Waals surface area contributed by atoms with Gasteiger partial charge in [-0.05, 0) is 25.1 Å². The fraction of sp³-hybridized carbons (Fsp3) is 0.474. The summed E-state index contributed by atoms with van der Waals surface area (Å²) in [6, 6.07) is 3.65. The molecular formula is C19H24N2O7S. The molecule has 2 rings (SSSR count). The normalized spacial score (nSPS) is 16.6. The van der Waals surface area contributed by atoms with Gasteiger partial charge in [-0.1, -0.05) is 0 Å². The number of esters is 3. The Kier molecular flexibility index (Phi) is 8.47. The zero-order chi connectivity index (χ0) is 21.4. The number of nitrogens with zero attached hydrogens (tertiary/aromatic N) is 1. The summed E-state index contributed by atoms with van der Waals surface area (Å²) in [6.45, 7) is 2.55. The minimum Gasteiger partial charge on any atom is -0.465 e. The van der Waals surface area contributed by atoms with Crippen LogP contribution in [0.4, 0.5) is 5.69 Å². The molecule has 0 spiro atoms. The number of rotatable bonds is 7. The van der Waals surface area contributed by atoms with E-state index in [1.54, 1.807) is 23.6 Å². The van der Waals surface area contributed by atoms with Crippen LogP contribution in [0, 0.1) is 0 Å². The number of amides is 1. The van der Waals surface area contributed by atoms with Crippen LogP contribution in [0.2, 0.25) is 0 Å². The highest BCUT2D eigenvalue weighted by Crippen LogP contribution is 2.19. The molecule has 0 aromatic heterocycles. The third-order valence-corrected chi connectivity index (χ3v) is 5.23. The molecule has 1 N–H and O–H groups in total. The highest BCUT2D eigenvalue weighted by atomic mass is 32.2. The van der Waals surface area contributed by atoms with Crippen LogP contribution in [-0.2, 0) is 23.8 Å². The number of methoxy groups -OCH3 is 2. The Hall–Kier alpha value is -2.59. The van der Waals surface area contributed by atoms with Crippen LogP contribution >= 0.6 is 11.8 Å². The van der Waals surface area contributed by atoms with Crippen molar-refractivity contribution >= 4 is 41.3 Å². The van der Waals surface area contributed by atoms with Gasteiger partial charge in [0.05, 0.1) is 38.5 Å².